The molecule has 19 heavy (non-hydrogen) atoms. The second-order valence-electron chi connectivity index (χ2n) is 4.16. The monoisotopic (exact) mass is 345 g/mol. The SMILES string of the molecule is CCNC(Cc1cccc(Cl)c1F)c1occc1Br. The number of nitrogens with one attached hydrogen (secondary N) is 1. The normalized spacial score (nSPS) is 12.6. The molecule has 0 fully saturated rings. The molecule has 2 rings (SSSR count). The van der Waals surface area contributed by atoms with Crippen LogP contribution in [0.3, 0.4) is 0 Å². The predicted octanol–water partition coefficient (Wildman–Crippen LogP) is 4.73. The Morgan fingerprint density at radius 3 is 2.84 bits per heavy atom. The van der Waals surface area contributed by atoms with E-state index in [1.807, 2.05) is 13.0 Å². The molecule has 0 amide bonds. The fourth-order valence-corrected chi connectivity index (χ4v) is 2.66. The van der Waals surface area contributed by atoms with Crippen molar-refractivity contribution in [2.24, 2.45) is 0 Å². The smallest absolute Gasteiger partial charge is 0.145 e. The van der Waals surface area contributed by atoms with Crippen molar-refractivity contribution in [1.82, 2.24) is 5.32 Å². The Labute approximate surface area is 125 Å². The third-order valence-corrected chi connectivity index (χ3v) is 3.81. The Hall–Kier alpha value is -0.840. The van der Waals surface area contributed by atoms with Crippen molar-refractivity contribution in [2.45, 2.75) is 19.4 Å². The van der Waals surface area contributed by atoms with E-state index in [4.69, 9.17) is 16.0 Å². The molecule has 102 valence electrons. The quantitative estimate of drug-likeness (QED) is 0.847. The van der Waals surface area contributed by atoms with Gasteiger partial charge in [-0.3, -0.25) is 0 Å². The Bertz CT molecular complexity index is 558. The topological polar surface area (TPSA) is 25.2 Å². The highest BCUT2D eigenvalue weighted by Gasteiger charge is 2.19. The van der Waals surface area contributed by atoms with Crippen LogP contribution in [0.4, 0.5) is 4.39 Å². The van der Waals surface area contributed by atoms with Crippen molar-refractivity contribution in [3.8, 4) is 0 Å². The molecule has 2 nitrogen and oxygen atoms in total. The third-order valence-electron chi connectivity index (χ3n) is 2.87. The molecule has 1 heterocycles. The van der Waals surface area contributed by atoms with Gasteiger partial charge in [-0.2, -0.15) is 0 Å². The Morgan fingerprint density at radius 2 is 2.21 bits per heavy atom. The second kappa shape index (κ2) is 6.55. The second-order valence-corrected chi connectivity index (χ2v) is 5.42. The minimum Gasteiger partial charge on any atom is -0.466 e. The zero-order chi connectivity index (χ0) is 13.8. The number of hydrogen-bond donors (Lipinski definition) is 1. The number of hydrogen-bond acceptors (Lipinski definition) is 2. The van der Waals surface area contributed by atoms with Gasteiger partial charge in [0.1, 0.15) is 11.6 Å². The van der Waals surface area contributed by atoms with Crippen LogP contribution >= 0.6 is 27.5 Å². The first-order valence-electron chi connectivity index (χ1n) is 6.02. The summed E-state index contributed by atoms with van der Waals surface area (Å²) in [6.07, 6.45) is 2.09. The van der Waals surface area contributed by atoms with Crippen LogP contribution in [0.1, 0.15) is 24.3 Å². The molecule has 5 heteroatoms. The van der Waals surface area contributed by atoms with E-state index in [9.17, 15) is 4.39 Å². The van der Waals surface area contributed by atoms with E-state index in [1.165, 1.54) is 0 Å². The molecule has 0 saturated heterocycles. The van der Waals surface area contributed by atoms with E-state index in [1.54, 1.807) is 24.5 Å². The van der Waals surface area contributed by atoms with Crippen LogP contribution in [0.15, 0.2) is 39.4 Å². The molecular weight excluding hydrogens is 333 g/mol. The van der Waals surface area contributed by atoms with Gasteiger partial charge in [-0.25, -0.2) is 4.39 Å². The maximum absolute atomic E-state index is 13.9. The summed E-state index contributed by atoms with van der Waals surface area (Å²) in [5.41, 5.74) is 0.571. The lowest BCUT2D eigenvalue weighted by molar-refractivity contribution is 0.410. The average Bonchev–Trinajstić information content (AvgIpc) is 2.80. The Balaban J connectivity index is 2.27. The van der Waals surface area contributed by atoms with Gasteiger partial charge in [0, 0.05) is 0 Å². The Morgan fingerprint density at radius 1 is 1.42 bits per heavy atom. The zero-order valence-corrected chi connectivity index (χ0v) is 12.8. The van der Waals surface area contributed by atoms with E-state index in [0.29, 0.717) is 12.0 Å². The molecule has 0 radical (unpaired) electrons. The lowest BCUT2D eigenvalue weighted by atomic mass is 10.0. The lowest BCUT2D eigenvalue weighted by Crippen LogP contribution is -2.23. The van der Waals surface area contributed by atoms with Crippen molar-refractivity contribution in [2.75, 3.05) is 6.54 Å². The number of rotatable bonds is 5. The highest BCUT2D eigenvalue weighted by molar-refractivity contribution is 9.10. The average molecular weight is 347 g/mol. The minimum absolute atomic E-state index is 0.0951. The first-order chi connectivity index (χ1) is 9.13. The van der Waals surface area contributed by atoms with E-state index in [0.717, 1.165) is 16.8 Å². The molecule has 0 aliphatic rings. The number of furan rings is 1. The van der Waals surface area contributed by atoms with E-state index in [-0.39, 0.29) is 16.9 Å². The minimum atomic E-state index is -0.366. The van der Waals surface area contributed by atoms with Crippen LogP contribution in [-0.2, 0) is 6.42 Å². The summed E-state index contributed by atoms with van der Waals surface area (Å²) in [6.45, 7) is 2.76. The van der Waals surface area contributed by atoms with Gasteiger partial charge in [0.25, 0.3) is 0 Å². The standard InChI is InChI=1S/C14H14BrClFNO/c1-2-18-12(14-10(15)6-7-19-14)8-9-4-3-5-11(16)13(9)17/h3-7,12,18H,2,8H2,1H3. The maximum Gasteiger partial charge on any atom is 0.145 e. The fourth-order valence-electron chi connectivity index (χ4n) is 1.98. The molecule has 1 unspecified atom stereocenters. The fraction of sp³-hybridized carbons (Fsp3) is 0.286. The number of likely N-dealkylation sites (N-methyl/N-ethyl adjacent to an activating group) is 1. The van der Waals surface area contributed by atoms with Crippen LogP contribution in [0.5, 0.6) is 0 Å². The molecule has 1 N–H and O–H groups in total. The largest absolute Gasteiger partial charge is 0.466 e. The molecule has 0 bridgehead atoms. The molecule has 1 aromatic heterocycles. The van der Waals surface area contributed by atoms with Gasteiger partial charge >= 0.3 is 0 Å². The summed E-state index contributed by atoms with van der Waals surface area (Å²) >= 11 is 9.23. The maximum atomic E-state index is 13.9. The van der Waals surface area contributed by atoms with Gasteiger partial charge in [0.15, 0.2) is 0 Å². The third kappa shape index (κ3) is 3.38. The van der Waals surface area contributed by atoms with E-state index >= 15 is 0 Å². The van der Waals surface area contributed by atoms with Crippen molar-refractivity contribution in [3.63, 3.8) is 0 Å². The van der Waals surface area contributed by atoms with Crippen molar-refractivity contribution >= 4 is 27.5 Å². The van der Waals surface area contributed by atoms with Crippen LogP contribution in [0.2, 0.25) is 5.02 Å². The summed E-state index contributed by atoms with van der Waals surface area (Å²) in [5, 5.41) is 3.43. The highest BCUT2D eigenvalue weighted by atomic mass is 79.9. The van der Waals surface area contributed by atoms with Gasteiger partial charge in [-0.1, -0.05) is 30.7 Å². The summed E-state index contributed by atoms with van der Waals surface area (Å²) in [4.78, 5) is 0. The van der Waals surface area contributed by atoms with E-state index in [2.05, 4.69) is 21.2 Å². The molecule has 1 aromatic carbocycles. The highest BCUT2D eigenvalue weighted by Crippen LogP contribution is 2.29. The summed E-state index contributed by atoms with van der Waals surface area (Å²) in [7, 11) is 0. The van der Waals surface area contributed by atoms with E-state index < -0.39 is 0 Å². The molecule has 0 saturated carbocycles. The molecule has 0 spiro atoms. The van der Waals surface area contributed by atoms with Crippen molar-refractivity contribution in [1.29, 1.82) is 0 Å². The molecule has 1 atom stereocenters. The van der Waals surface area contributed by atoms with Crippen LogP contribution in [-0.4, -0.2) is 6.54 Å². The lowest BCUT2D eigenvalue weighted by Gasteiger charge is -2.17. The van der Waals surface area contributed by atoms with Crippen LogP contribution in [0, 0.1) is 5.82 Å². The first-order valence-corrected chi connectivity index (χ1v) is 7.19. The van der Waals surface area contributed by atoms with Gasteiger partial charge in [0.2, 0.25) is 0 Å². The van der Waals surface area contributed by atoms with Crippen LogP contribution < -0.4 is 5.32 Å². The van der Waals surface area contributed by atoms with Crippen LogP contribution in [0.25, 0.3) is 0 Å². The number of halogens is 3. The molecule has 0 aliphatic carbocycles. The summed E-state index contributed by atoms with van der Waals surface area (Å²) < 4.78 is 20.3. The Kier molecular flexibility index (Phi) is 5.02. The molecule has 2 aromatic rings. The number of benzene rings is 1. The predicted molar refractivity (Wildman–Crippen MR) is 77.9 cm³/mol. The molecular formula is C14H14BrClFNO. The van der Waals surface area contributed by atoms with Crippen molar-refractivity contribution in [3.05, 3.63) is 57.2 Å². The van der Waals surface area contributed by atoms with Crippen molar-refractivity contribution < 1.29 is 8.81 Å². The van der Waals surface area contributed by atoms with Gasteiger partial charge in [-0.15, -0.1) is 0 Å². The summed E-state index contributed by atoms with van der Waals surface area (Å²) in [6, 6.07) is 6.77. The summed E-state index contributed by atoms with van der Waals surface area (Å²) in [5.74, 6) is 0.399. The first kappa shape index (κ1) is 14.6. The van der Waals surface area contributed by atoms with Gasteiger partial charge < -0.3 is 9.73 Å². The van der Waals surface area contributed by atoms with Gasteiger partial charge in [-0.05, 0) is 46.6 Å². The molecule has 0 aliphatic heterocycles. The van der Waals surface area contributed by atoms with Gasteiger partial charge in [0.05, 0.1) is 21.8 Å². The zero-order valence-electron chi connectivity index (χ0n) is 10.4.